The van der Waals surface area contributed by atoms with Crippen LogP contribution >= 0.6 is 15.9 Å². The summed E-state index contributed by atoms with van der Waals surface area (Å²) in [5, 5.41) is 8.62. The molecule has 0 saturated heterocycles. The van der Waals surface area contributed by atoms with Crippen molar-refractivity contribution in [3.63, 3.8) is 0 Å². The predicted molar refractivity (Wildman–Crippen MR) is 54.8 cm³/mol. The smallest absolute Gasteiger partial charge is 0.303 e. The van der Waals surface area contributed by atoms with Crippen LogP contribution in [0.15, 0.2) is 28.7 Å². The number of hydrogen-bond donors (Lipinski definition) is 1. The summed E-state index contributed by atoms with van der Waals surface area (Å²) in [5.74, 6) is -0.712. The maximum Gasteiger partial charge on any atom is 0.303 e. The van der Waals surface area contributed by atoms with Crippen molar-refractivity contribution in [1.29, 1.82) is 0 Å². The first-order valence-electron chi connectivity index (χ1n) is 4.07. The molecule has 3 heteroatoms. The molecule has 0 bridgehead atoms. The lowest BCUT2D eigenvalue weighted by atomic mass is 9.98. The quantitative estimate of drug-likeness (QED) is 0.885. The highest BCUT2D eigenvalue weighted by atomic mass is 79.9. The van der Waals surface area contributed by atoms with Gasteiger partial charge in [0.25, 0.3) is 0 Å². The molecule has 1 N–H and O–H groups in total. The van der Waals surface area contributed by atoms with E-state index in [0.717, 1.165) is 10.0 Å². The van der Waals surface area contributed by atoms with E-state index in [-0.39, 0.29) is 12.3 Å². The van der Waals surface area contributed by atoms with E-state index >= 15 is 0 Å². The number of rotatable bonds is 3. The molecule has 2 nitrogen and oxygen atoms in total. The van der Waals surface area contributed by atoms with Gasteiger partial charge in [-0.25, -0.2) is 0 Å². The molecule has 70 valence electrons. The molecule has 0 unspecified atom stereocenters. The monoisotopic (exact) mass is 242 g/mol. The van der Waals surface area contributed by atoms with Crippen molar-refractivity contribution < 1.29 is 9.90 Å². The molecular formula is C10H11BrO2. The van der Waals surface area contributed by atoms with Gasteiger partial charge >= 0.3 is 5.97 Å². The largest absolute Gasteiger partial charge is 0.481 e. The van der Waals surface area contributed by atoms with Gasteiger partial charge in [-0.15, -0.1) is 0 Å². The predicted octanol–water partition coefficient (Wildman–Crippen LogP) is 3.03. The van der Waals surface area contributed by atoms with E-state index in [1.54, 1.807) is 0 Å². The minimum absolute atomic E-state index is 0.0491. The van der Waals surface area contributed by atoms with Gasteiger partial charge < -0.3 is 5.11 Å². The summed E-state index contributed by atoms with van der Waals surface area (Å²) in [5.41, 5.74) is 1.05. The van der Waals surface area contributed by atoms with Crippen molar-refractivity contribution in [2.24, 2.45) is 0 Å². The molecule has 0 heterocycles. The molecule has 1 rings (SSSR count). The lowest BCUT2D eigenvalue weighted by Crippen LogP contribution is -2.03. The number of benzene rings is 1. The summed E-state index contributed by atoms with van der Waals surface area (Å²) in [6, 6.07) is 7.70. The summed E-state index contributed by atoms with van der Waals surface area (Å²) in [6.07, 6.45) is 0.169. The number of aliphatic carboxylic acids is 1. The summed E-state index contributed by atoms with van der Waals surface area (Å²) in [7, 11) is 0. The van der Waals surface area contributed by atoms with E-state index in [1.165, 1.54) is 0 Å². The molecule has 0 aromatic heterocycles. The Hall–Kier alpha value is -0.830. The van der Waals surface area contributed by atoms with Crippen molar-refractivity contribution in [2.75, 3.05) is 0 Å². The van der Waals surface area contributed by atoms with Gasteiger partial charge in [0.15, 0.2) is 0 Å². The molecule has 13 heavy (non-hydrogen) atoms. The summed E-state index contributed by atoms with van der Waals surface area (Å²) in [6.45, 7) is 1.91. The first kappa shape index (κ1) is 10.3. The van der Waals surface area contributed by atoms with Crippen LogP contribution in [0.5, 0.6) is 0 Å². The summed E-state index contributed by atoms with van der Waals surface area (Å²) in [4.78, 5) is 10.5. The van der Waals surface area contributed by atoms with E-state index in [0.29, 0.717) is 0 Å². The lowest BCUT2D eigenvalue weighted by molar-refractivity contribution is -0.137. The van der Waals surface area contributed by atoms with E-state index in [4.69, 9.17) is 5.11 Å². The van der Waals surface area contributed by atoms with E-state index < -0.39 is 5.97 Å². The van der Waals surface area contributed by atoms with Crippen LogP contribution in [0.3, 0.4) is 0 Å². The van der Waals surface area contributed by atoms with Crippen LogP contribution in [0, 0.1) is 0 Å². The number of carboxylic acid groups (broad SMARTS) is 1. The van der Waals surface area contributed by atoms with Gasteiger partial charge in [0.2, 0.25) is 0 Å². The zero-order valence-electron chi connectivity index (χ0n) is 7.33. The van der Waals surface area contributed by atoms with Gasteiger partial charge in [0.1, 0.15) is 0 Å². The van der Waals surface area contributed by atoms with Crippen LogP contribution in [-0.2, 0) is 4.79 Å². The number of carboxylic acids is 1. The van der Waals surface area contributed by atoms with Crippen molar-refractivity contribution in [3.8, 4) is 0 Å². The Labute approximate surface area is 85.7 Å². The minimum atomic E-state index is -0.761. The highest BCUT2D eigenvalue weighted by Crippen LogP contribution is 2.26. The van der Waals surface area contributed by atoms with E-state index in [9.17, 15) is 4.79 Å². The molecule has 0 amide bonds. The van der Waals surface area contributed by atoms with Crippen molar-refractivity contribution in [3.05, 3.63) is 34.3 Å². The van der Waals surface area contributed by atoms with Crippen molar-refractivity contribution in [1.82, 2.24) is 0 Å². The average molecular weight is 243 g/mol. The fourth-order valence-corrected chi connectivity index (χ4v) is 1.92. The molecule has 0 spiro atoms. The van der Waals surface area contributed by atoms with Crippen LogP contribution in [-0.4, -0.2) is 11.1 Å². The maximum absolute atomic E-state index is 10.5. The molecule has 0 aliphatic heterocycles. The molecular weight excluding hydrogens is 232 g/mol. The SMILES string of the molecule is C[C@H](CC(=O)O)c1ccccc1Br. The Balaban J connectivity index is 2.82. The third kappa shape index (κ3) is 2.84. The fraction of sp³-hybridized carbons (Fsp3) is 0.300. The standard InChI is InChI=1S/C10H11BrO2/c1-7(6-10(12)13)8-4-2-3-5-9(8)11/h2-5,7H,6H2,1H3,(H,12,13)/t7-/m1/s1. The molecule has 0 aliphatic carbocycles. The molecule has 1 aromatic carbocycles. The highest BCUT2D eigenvalue weighted by molar-refractivity contribution is 9.10. The molecule has 1 aromatic rings. The van der Waals surface area contributed by atoms with Gasteiger partial charge in [-0.1, -0.05) is 41.1 Å². The average Bonchev–Trinajstić information content (AvgIpc) is 2.03. The van der Waals surface area contributed by atoms with Crippen LogP contribution < -0.4 is 0 Å². The lowest BCUT2D eigenvalue weighted by Gasteiger charge is -2.10. The third-order valence-electron chi connectivity index (χ3n) is 1.92. The maximum atomic E-state index is 10.5. The Bertz CT molecular complexity index is 310. The van der Waals surface area contributed by atoms with Crippen molar-refractivity contribution in [2.45, 2.75) is 19.3 Å². The van der Waals surface area contributed by atoms with Crippen LogP contribution in [0.4, 0.5) is 0 Å². The third-order valence-corrected chi connectivity index (χ3v) is 2.64. The second kappa shape index (κ2) is 4.42. The van der Waals surface area contributed by atoms with Gasteiger partial charge in [-0.05, 0) is 17.5 Å². The van der Waals surface area contributed by atoms with Crippen LogP contribution in [0.25, 0.3) is 0 Å². The molecule has 0 radical (unpaired) electrons. The Morgan fingerprint density at radius 3 is 2.69 bits per heavy atom. The van der Waals surface area contributed by atoms with Crippen LogP contribution in [0.1, 0.15) is 24.8 Å². The highest BCUT2D eigenvalue weighted by Gasteiger charge is 2.11. The van der Waals surface area contributed by atoms with Gasteiger partial charge in [0.05, 0.1) is 6.42 Å². The Kier molecular flexibility index (Phi) is 3.48. The first-order valence-corrected chi connectivity index (χ1v) is 4.86. The molecule has 1 atom stereocenters. The molecule has 0 fully saturated rings. The summed E-state index contributed by atoms with van der Waals surface area (Å²) < 4.78 is 0.976. The van der Waals surface area contributed by atoms with E-state index in [2.05, 4.69) is 15.9 Å². The van der Waals surface area contributed by atoms with Gasteiger partial charge in [0, 0.05) is 4.47 Å². The van der Waals surface area contributed by atoms with E-state index in [1.807, 2.05) is 31.2 Å². The number of carbonyl (C=O) groups is 1. The Morgan fingerprint density at radius 1 is 1.54 bits per heavy atom. The molecule has 0 aliphatic rings. The van der Waals surface area contributed by atoms with Crippen LogP contribution in [0.2, 0.25) is 0 Å². The Morgan fingerprint density at radius 2 is 2.15 bits per heavy atom. The first-order chi connectivity index (χ1) is 6.11. The summed E-state index contributed by atoms with van der Waals surface area (Å²) >= 11 is 3.39. The minimum Gasteiger partial charge on any atom is -0.481 e. The number of hydrogen-bond acceptors (Lipinski definition) is 1. The zero-order valence-corrected chi connectivity index (χ0v) is 8.91. The fourth-order valence-electron chi connectivity index (χ4n) is 1.25. The normalized spacial score (nSPS) is 12.5. The number of halogens is 1. The zero-order chi connectivity index (χ0) is 9.84. The van der Waals surface area contributed by atoms with Crippen molar-refractivity contribution >= 4 is 21.9 Å². The van der Waals surface area contributed by atoms with Gasteiger partial charge in [-0.2, -0.15) is 0 Å². The second-order valence-corrected chi connectivity index (χ2v) is 3.87. The van der Waals surface area contributed by atoms with Gasteiger partial charge in [-0.3, -0.25) is 4.79 Å². The topological polar surface area (TPSA) is 37.3 Å². The second-order valence-electron chi connectivity index (χ2n) is 3.02. The molecule has 0 saturated carbocycles.